The van der Waals surface area contributed by atoms with Crippen molar-refractivity contribution in [3.05, 3.63) is 47.5 Å². The first kappa shape index (κ1) is 12.6. The number of nitrogens with zero attached hydrogens (tertiary/aromatic N) is 3. The largest absolute Gasteiger partial charge is 0.399 e. The highest BCUT2D eigenvalue weighted by Crippen LogP contribution is 2.14. The summed E-state index contributed by atoms with van der Waals surface area (Å²) in [7, 11) is 4.11. The van der Waals surface area contributed by atoms with Gasteiger partial charge in [-0.25, -0.2) is 4.98 Å². The average molecular weight is 244 g/mol. The molecule has 4 nitrogen and oxygen atoms in total. The molecular formula is C14H20N4. The van der Waals surface area contributed by atoms with E-state index in [0.717, 1.165) is 30.2 Å². The van der Waals surface area contributed by atoms with E-state index in [-0.39, 0.29) is 0 Å². The molecule has 0 aliphatic rings. The van der Waals surface area contributed by atoms with E-state index in [4.69, 9.17) is 5.73 Å². The Morgan fingerprint density at radius 2 is 2.11 bits per heavy atom. The Morgan fingerprint density at radius 3 is 2.72 bits per heavy atom. The summed E-state index contributed by atoms with van der Waals surface area (Å²) in [5.41, 5.74) is 9.09. The van der Waals surface area contributed by atoms with Crippen molar-refractivity contribution in [1.82, 2.24) is 14.5 Å². The lowest BCUT2D eigenvalue weighted by Crippen LogP contribution is -2.19. The average Bonchev–Trinajstić information content (AvgIpc) is 2.70. The Labute approximate surface area is 108 Å². The van der Waals surface area contributed by atoms with Gasteiger partial charge in [0.25, 0.3) is 0 Å². The molecule has 0 radical (unpaired) electrons. The summed E-state index contributed by atoms with van der Waals surface area (Å²) in [5.74, 6) is 1.07. The summed E-state index contributed by atoms with van der Waals surface area (Å²) < 4.78 is 2.05. The maximum Gasteiger partial charge on any atom is 0.122 e. The maximum absolute atomic E-state index is 5.82. The number of nitrogen functional groups attached to an aromatic ring is 1. The molecule has 2 aromatic rings. The van der Waals surface area contributed by atoms with Gasteiger partial charge >= 0.3 is 0 Å². The Bertz CT molecular complexity index is 530. The number of nitrogens with two attached hydrogens (primary N) is 1. The second-order valence-electron chi connectivity index (χ2n) is 4.82. The summed E-state index contributed by atoms with van der Waals surface area (Å²) in [5, 5.41) is 0. The van der Waals surface area contributed by atoms with Gasteiger partial charge < -0.3 is 10.3 Å². The van der Waals surface area contributed by atoms with Crippen LogP contribution in [0.1, 0.15) is 17.0 Å². The molecule has 0 atom stereocenters. The normalized spacial score (nSPS) is 11.1. The molecule has 1 heterocycles. The van der Waals surface area contributed by atoms with Crippen LogP contribution in [0.2, 0.25) is 0 Å². The molecule has 0 saturated carbocycles. The van der Waals surface area contributed by atoms with Crippen LogP contribution in [0.5, 0.6) is 0 Å². The summed E-state index contributed by atoms with van der Waals surface area (Å²) in [4.78, 5) is 6.57. The van der Waals surface area contributed by atoms with Crippen molar-refractivity contribution in [1.29, 1.82) is 0 Å². The van der Waals surface area contributed by atoms with Gasteiger partial charge in [0.1, 0.15) is 5.82 Å². The standard InChI is InChI=1S/C14H20N4/c1-11-8-12(4-5-13(11)15)9-17(2)10-14-16-6-7-18(14)3/h4-8H,9-10,15H2,1-3H3. The maximum atomic E-state index is 5.82. The number of aromatic nitrogens is 2. The number of imidazole rings is 1. The third-order valence-corrected chi connectivity index (χ3v) is 3.12. The predicted octanol–water partition coefficient (Wildman–Crippen LogP) is 1.94. The molecule has 18 heavy (non-hydrogen) atoms. The van der Waals surface area contributed by atoms with E-state index in [1.54, 1.807) is 0 Å². The molecule has 0 unspecified atom stereocenters. The molecule has 2 rings (SSSR count). The van der Waals surface area contributed by atoms with Crippen LogP contribution in [0.25, 0.3) is 0 Å². The van der Waals surface area contributed by atoms with Crippen LogP contribution in [0.4, 0.5) is 5.69 Å². The summed E-state index contributed by atoms with van der Waals surface area (Å²) in [6, 6.07) is 6.20. The minimum absolute atomic E-state index is 0.840. The second kappa shape index (κ2) is 5.23. The van der Waals surface area contributed by atoms with Crippen molar-refractivity contribution in [2.75, 3.05) is 12.8 Å². The number of aryl methyl sites for hydroxylation is 2. The van der Waals surface area contributed by atoms with E-state index in [1.807, 2.05) is 37.0 Å². The highest BCUT2D eigenvalue weighted by Gasteiger charge is 2.06. The first-order valence-electron chi connectivity index (χ1n) is 6.06. The SMILES string of the molecule is Cc1cc(CN(C)Cc2nccn2C)ccc1N. The van der Waals surface area contributed by atoms with Crippen LogP contribution in [0.3, 0.4) is 0 Å². The van der Waals surface area contributed by atoms with Crippen LogP contribution < -0.4 is 5.73 Å². The monoisotopic (exact) mass is 244 g/mol. The molecule has 0 bridgehead atoms. The van der Waals surface area contributed by atoms with E-state index in [9.17, 15) is 0 Å². The zero-order valence-corrected chi connectivity index (χ0v) is 11.2. The first-order valence-corrected chi connectivity index (χ1v) is 6.06. The van der Waals surface area contributed by atoms with E-state index in [0.29, 0.717) is 0 Å². The fourth-order valence-electron chi connectivity index (χ4n) is 1.99. The highest BCUT2D eigenvalue weighted by atomic mass is 15.1. The molecule has 0 spiro atoms. The fourth-order valence-corrected chi connectivity index (χ4v) is 1.99. The molecule has 0 saturated heterocycles. The third-order valence-electron chi connectivity index (χ3n) is 3.12. The van der Waals surface area contributed by atoms with E-state index >= 15 is 0 Å². The van der Waals surface area contributed by atoms with Crippen molar-refractivity contribution < 1.29 is 0 Å². The molecule has 0 aliphatic carbocycles. The summed E-state index contributed by atoms with van der Waals surface area (Å²) >= 11 is 0. The van der Waals surface area contributed by atoms with Crippen LogP contribution >= 0.6 is 0 Å². The van der Waals surface area contributed by atoms with Crippen LogP contribution in [-0.2, 0) is 20.1 Å². The molecule has 0 aliphatic heterocycles. The van der Waals surface area contributed by atoms with Gasteiger partial charge in [0.2, 0.25) is 0 Å². The van der Waals surface area contributed by atoms with Crippen LogP contribution in [0.15, 0.2) is 30.6 Å². The van der Waals surface area contributed by atoms with Gasteiger partial charge in [0.05, 0.1) is 6.54 Å². The van der Waals surface area contributed by atoms with Crippen LogP contribution in [0, 0.1) is 6.92 Å². The number of benzene rings is 1. The van der Waals surface area contributed by atoms with E-state index in [1.165, 1.54) is 5.56 Å². The summed E-state index contributed by atoms with van der Waals surface area (Å²) in [6.07, 6.45) is 3.80. The predicted molar refractivity (Wildman–Crippen MR) is 74.0 cm³/mol. The number of hydrogen-bond acceptors (Lipinski definition) is 3. The lowest BCUT2D eigenvalue weighted by Gasteiger charge is -2.17. The highest BCUT2D eigenvalue weighted by molar-refractivity contribution is 5.47. The molecule has 0 amide bonds. The van der Waals surface area contributed by atoms with E-state index < -0.39 is 0 Å². The smallest absolute Gasteiger partial charge is 0.122 e. The van der Waals surface area contributed by atoms with Gasteiger partial charge in [-0.15, -0.1) is 0 Å². The molecule has 96 valence electrons. The van der Waals surface area contributed by atoms with E-state index in [2.05, 4.69) is 29.1 Å². The fraction of sp³-hybridized carbons (Fsp3) is 0.357. The Morgan fingerprint density at radius 1 is 1.33 bits per heavy atom. The third kappa shape index (κ3) is 2.90. The molecule has 4 heteroatoms. The van der Waals surface area contributed by atoms with Crippen molar-refractivity contribution >= 4 is 5.69 Å². The quantitative estimate of drug-likeness (QED) is 0.836. The van der Waals surface area contributed by atoms with Crippen LogP contribution in [-0.4, -0.2) is 21.5 Å². The minimum Gasteiger partial charge on any atom is -0.399 e. The van der Waals surface area contributed by atoms with Gasteiger partial charge in [-0.05, 0) is 31.2 Å². The number of hydrogen-bond donors (Lipinski definition) is 1. The van der Waals surface area contributed by atoms with Gasteiger partial charge in [-0.1, -0.05) is 12.1 Å². The minimum atomic E-state index is 0.840. The van der Waals surface area contributed by atoms with Crippen molar-refractivity contribution in [2.45, 2.75) is 20.0 Å². The Hall–Kier alpha value is -1.81. The van der Waals surface area contributed by atoms with Gasteiger partial charge in [0, 0.05) is 31.7 Å². The molecular weight excluding hydrogens is 224 g/mol. The molecule has 1 aromatic heterocycles. The lowest BCUT2D eigenvalue weighted by atomic mass is 10.1. The summed E-state index contributed by atoms with van der Waals surface area (Å²) in [6.45, 7) is 3.78. The Kier molecular flexibility index (Phi) is 3.67. The lowest BCUT2D eigenvalue weighted by molar-refractivity contribution is 0.307. The van der Waals surface area contributed by atoms with Crippen molar-refractivity contribution in [2.24, 2.45) is 7.05 Å². The number of anilines is 1. The molecule has 2 N–H and O–H groups in total. The molecule has 0 fully saturated rings. The zero-order chi connectivity index (χ0) is 13.1. The second-order valence-corrected chi connectivity index (χ2v) is 4.82. The van der Waals surface area contributed by atoms with Crippen molar-refractivity contribution in [3.63, 3.8) is 0 Å². The Balaban J connectivity index is 2.01. The zero-order valence-electron chi connectivity index (χ0n) is 11.2. The van der Waals surface area contributed by atoms with Gasteiger partial charge in [-0.3, -0.25) is 4.90 Å². The van der Waals surface area contributed by atoms with Gasteiger partial charge in [0.15, 0.2) is 0 Å². The topological polar surface area (TPSA) is 47.1 Å². The van der Waals surface area contributed by atoms with Crippen molar-refractivity contribution in [3.8, 4) is 0 Å². The molecule has 1 aromatic carbocycles. The first-order chi connectivity index (χ1) is 8.56. The number of rotatable bonds is 4. The van der Waals surface area contributed by atoms with Gasteiger partial charge in [-0.2, -0.15) is 0 Å².